The van der Waals surface area contributed by atoms with E-state index < -0.39 is 0 Å². The largest absolute Gasteiger partial charge is 0.497 e. The minimum atomic E-state index is -0.162. The SMILES string of the molecule is COc1cccc(C(C)NC(=O)CN)c1.Cl. The number of rotatable bonds is 4. The van der Waals surface area contributed by atoms with E-state index >= 15 is 0 Å². The van der Waals surface area contributed by atoms with Crippen molar-refractivity contribution in [2.45, 2.75) is 13.0 Å². The van der Waals surface area contributed by atoms with Gasteiger partial charge >= 0.3 is 0 Å². The van der Waals surface area contributed by atoms with Crippen molar-refractivity contribution in [2.24, 2.45) is 5.73 Å². The Hall–Kier alpha value is -1.26. The van der Waals surface area contributed by atoms with E-state index in [1.165, 1.54) is 0 Å². The lowest BCUT2D eigenvalue weighted by atomic mass is 10.1. The van der Waals surface area contributed by atoms with Crippen LogP contribution in [0, 0.1) is 0 Å². The van der Waals surface area contributed by atoms with Crippen LogP contribution in [0.5, 0.6) is 5.75 Å². The van der Waals surface area contributed by atoms with Crippen molar-refractivity contribution < 1.29 is 9.53 Å². The summed E-state index contributed by atoms with van der Waals surface area (Å²) in [5.74, 6) is 0.617. The maximum atomic E-state index is 11.1. The first-order valence-corrected chi connectivity index (χ1v) is 4.80. The number of nitrogens with one attached hydrogen (secondary N) is 1. The number of nitrogens with two attached hydrogens (primary N) is 1. The van der Waals surface area contributed by atoms with Gasteiger partial charge in [0.2, 0.25) is 5.91 Å². The zero-order valence-corrected chi connectivity index (χ0v) is 10.2. The Labute approximate surface area is 102 Å². The summed E-state index contributed by atoms with van der Waals surface area (Å²) in [6.45, 7) is 1.91. The molecule has 1 amide bonds. The number of benzene rings is 1. The summed E-state index contributed by atoms with van der Waals surface area (Å²) in [5.41, 5.74) is 6.21. The van der Waals surface area contributed by atoms with E-state index in [4.69, 9.17) is 10.5 Å². The van der Waals surface area contributed by atoms with E-state index in [1.54, 1.807) is 7.11 Å². The molecule has 0 aliphatic rings. The molecule has 0 aromatic heterocycles. The summed E-state index contributed by atoms with van der Waals surface area (Å²) < 4.78 is 5.10. The van der Waals surface area contributed by atoms with E-state index in [9.17, 15) is 4.79 Å². The molecular weight excluding hydrogens is 228 g/mol. The highest BCUT2D eigenvalue weighted by Gasteiger charge is 2.08. The lowest BCUT2D eigenvalue weighted by Gasteiger charge is -2.14. The predicted molar refractivity (Wildman–Crippen MR) is 65.9 cm³/mol. The van der Waals surface area contributed by atoms with E-state index in [2.05, 4.69) is 5.32 Å². The van der Waals surface area contributed by atoms with Crippen LogP contribution < -0.4 is 15.8 Å². The summed E-state index contributed by atoms with van der Waals surface area (Å²) in [5, 5.41) is 2.78. The van der Waals surface area contributed by atoms with Gasteiger partial charge in [0, 0.05) is 0 Å². The Morgan fingerprint density at radius 1 is 1.56 bits per heavy atom. The van der Waals surface area contributed by atoms with E-state index in [-0.39, 0.29) is 30.9 Å². The summed E-state index contributed by atoms with van der Waals surface area (Å²) in [6, 6.07) is 7.52. The first kappa shape index (κ1) is 14.7. The molecular formula is C11H17ClN2O2. The van der Waals surface area contributed by atoms with Crippen LogP contribution in [0.25, 0.3) is 0 Å². The number of hydrogen-bond acceptors (Lipinski definition) is 3. The lowest BCUT2D eigenvalue weighted by Crippen LogP contribution is -2.32. The molecule has 0 saturated heterocycles. The average Bonchev–Trinajstić information content (AvgIpc) is 2.28. The number of hydrogen-bond donors (Lipinski definition) is 2. The zero-order valence-electron chi connectivity index (χ0n) is 9.40. The molecule has 0 radical (unpaired) electrons. The van der Waals surface area contributed by atoms with Crippen LogP contribution in [0.15, 0.2) is 24.3 Å². The minimum Gasteiger partial charge on any atom is -0.497 e. The topological polar surface area (TPSA) is 64.3 Å². The average molecular weight is 245 g/mol. The van der Waals surface area contributed by atoms with Crippen LogP contribution in [0.2, 0.25) is 0 Å². The monoisotopic (exact) mass is 244 g/mol. The highest BCUT2D eigenvalue weighted by molar-refractivity contribution is 5.85. The standard InChI is InChI=1S/C11H16N2O2.ClH/c1-8(13-11(14)7-12)9-4-3-5-10(6-9)15-2;/h3-6,8H,7,12H2,1-2H3,(H,13,14);1H. The minimum absolute atomic E-state index is 0. The van der Waals surface area contributed by atoms with E-state index in [0.29, 0.717) is 0 Å². The van der Waals surface area contributed by atoms with Crippen LogP contribution in [-0.2, 0) is 4.79 Å². The van der Waals surface area contributed by atoms with Gasteiger partial charge in [-0.25, -0.2) is 0 Å². The van der Waals surface area contributed by atoms with Crippen LogP contribution in [0.1, 0.15) is 18.5 Å². The number of halogens is 1. The molecule has 1 aromatic rings. The number of carbonyl (C=O) groups is 1. The van der Waals surface area contributed by atoms with Crippen molar-refractivity contribution in [1.29, 1.82) is 0 Å². The Morgan fingerprint density at radius 3 is 2.81 bits per heavy atom. The Bertz CT molecular complexity index is 345. The first-order valence-electron chi connectivity index (χ1n) is 4.80. The summed E-state index contributed by atoms with van der Waals surface area (Å²) in [6.07, 6.45) is 0. The molecule has 1 rings (SSSR count). The third kappa shape index (κ3) is 4.08. The molecule has 3 N–H and O–H groups in total. The molecule has 0 aliphatic heterocycles. The van der Waals surface area contributed by atoms with Crippen LogP contribution in [0.3, 0.4) is 0 Å². The Morgan fingerprint density at radius 2 is 2.25 bits per heavy atom. The van der Waals surface area contributed by atoms with Gasteiger partial charge in [0.1, 0.15) is 5.75 Å². The summed E-state index contributed by atoms with van der Waals surface area (Å²) in [4.78, 5) is 11.1. The maximum absolute atomic E-state index is 11.1. The van der Waals surface area contributed by atoms with Gasteiger partial charge in [-0.1, -0.05) is 12.1 Å². The fourth-order valence-electron chi connectivity index (χ4n) is 1.29. The van der Waals surface area contributed by atoms with Gasteiger partial charge in [0.25, 0.3) is 0 Å². The molecule has 0 saturated carbocycles. The third-order valence-electron chi connectivity index (χ3n) is 2.16. The zero-order chi connectivity index (χ0) is 11.3. The fraction of sp³-hybridized carbons (Fsp3) is 0.364. The van der Waals surface area contributed by atoms with Crippen LogP contribution in [-0.4, -0.2) is 19.6 Å². The second kappa shape index (κ2) is 7.09. The second-order valence-electron chi connectivity index (χ2n) is 3.27. The summed E-state index contributed by atoms with van der Waals surface area (Å²) >= 11 is 0. The van der Waals surface area contributed by atoms with Gasteiger partial charge in [-0.2, -0.15) is 0 Å². The van der Waals surface area contributed by atoms with Crippen LogP contribution in [0.4, 0.5) is 0 Å². The predicted octanol–water partition coefficient (Wildman–Crippen LogP) is 1.25. The molecule has 4 nitrogen and oxygen atoms in total. The number of ether oxygens (including phenoxy) is 1. The van der Waals surface area contributed by atoms with Crippen molar-refractivity contribution in [2.75, 3.05) is 13.7 Å². The molecule has 0 heterocycles. The number of methoxy groups -OCH3 is 1. The highest BCUT2D eigenvalue weighted by Crippen LogP contribution is 2.18. The van der Waals surface area contributed by atoms with Crippen molar-refractivity contribution in [3.63, 3.8) is 0 Å². The molecule has 5 heteroatoms. The van der Waals surface area contributed by atoms with Crippen molar-refractivity contribution in [1.82, 2.24) is 5.32 Å². The molecule has 0 fully saturated rings. The third-order valence-corrected chi connectivity index (χ3v) is 2.16. The van der Waals surface area contributed by atoms with Crippen LogP contribution >= 0.6 is 12.4 Å². The van der Waals surface area contributed by atoms with Gasteiger partial charge in [0.15, 0.2) is 0 Å². The highest BCUT2D eigenvalue weighted by atomic mass is 35.5. The smallest absolute Gasteiger partial charge is 0.234 e. The molecule has 1 aromatic carbocycles. The van der Waals surface area contributed by atoms with Gasteiger partial charge in [0.05, 0.1) is 19.7 Å². The number of amides is 1. The fourth-order valence-corrected chi connectivity index (χ4v) is 1.29. The van der Waals surface area contributed by atoms with Crippen molar-refractivity contribution in [3.8, 4) is 5.75 Å². The van der Waals surface area contributed by atoms with Crippen molar-refractivity contribution in [3.05, 3.63) is 29.8 Å². The summed E-state index contributed by atoms with van der Waals surface area (Å²) in [7, 11) is 1.61. The van der Waals surface area contributed by atoms with Gasteiger partial charge < -0.3 is 15.8 Å². The molecule has 1 atom stereocenters. The van der Waals surface area contributed by atoms with Gasteiger partial charge in [-0.3, -0.25) is 4.79 Å². The molecule has 90 valence electrons. The van der Waals surface area contributed by atoms with Gasteiger partial charge in [-0.05, 0) is 24.6 Å². The normalized spacial score (nSPS) is 11.2. The Kier molecular flexibility index (Phi) is 6.53. The molecule has 0 spiro atoms. The molecule has 16 heavy (non-hydrogen) atoms. The quantitative estimate of drug-likeness (QED) is 0.838. The molecule has 0 aliphatic carbocycles. The van der Waals surface area contributed by atoms with Crippen molar-refractivity contribution >= 4 is 18.3 Å². The molecule has 0 bridgehead atoms. The lowest BCUT2D eigenvalue weighted by molar-refractivity contribution is -0.120. The maximum Gasteiger partial charge on any atom is 0.234 e. The number of carbonyl (C=O) groups excluding carboxylic acids is 1. The van der Waals surface area contributed by atoms with E-state index in [1.807, 2.05) is 31.2 Å². The van der Waals surface area contributed by atoms with Gasteiger partial charge in [-0.15, -0.1) is 12.4 Å². The first-order chi connectivity index (χ1) is 7.17. The molecule has 1 unspecified atom stereocenters. The van der Waals surface area contributed by atoms with E-state index in [0.717, 1.165) is 11.3 Å². The second-order valence-corrected chi connectivity index (χ2v) is 3.27. The Balaban J connectivity index is 0.00000225.